The van der Waals surface area contributed by atoms with E-state index in [0.29, 0.717) is 0 Å². The number of ether oxygens (including phenoxy) is 1. The van der Waals surface area contributed by atoms with E-state index in [9.17, 15) is 4.79 Å². The summed E-state index contributed by atoms with van der Waals surface area (Å²) in [5.74, 6) is -0.0556. The molecule has 1 fully saturated rings. The Bertz CT molecular complexity index is 132. The molecule has 0 bridgehead atoms. The smallest absolute Gasteiger partial charge is 0.245 e. The van der Waals surface area contributed by atoms with Crippen molar-refractivity contribution < 1.29 is 9.53 Å². The molecule has 0 aromatic carbocycles. The molecule has 1 rings (SSSR count). The van der Waals surface area contributed by atoms with Crippen molar-refractivity contribution in [2.45, 2.75) is 12.8 Å². The molecule has 1 aliphatic heterocycles. The summed E-state index contributed by atoms with van der Waals surface area (Å²) in [5.41, 5.74) is 0. The highest BCUT2D eigenvalue weighted by atomic mass is 16.5. The van der Waals surface area contributed by atoms with Gasteiger partial charge in [0.05, 0.1) is 0 Å². The Morgan fingerprint density at radius 1 is 1.42 bits per heavy atom. The molecule has 1 amide bonds. The van der Waals surface area contributed by atoms with E-state index in [1.54, 1.807) is 14.1 Å². The predicted octanol–water partition coefficient (Wildman–Crippen LogP) is 1.06. The van der Waals surface area contributed by atoms with Gasteiger partial charge in [-0.25, -0.2) is 0 Å². The molecule has 0 atom stereocenters. The van der Waals surface area contributed by atoms with E-state index in [0.717, 1.165) is 13.2 Å². The monoisotopic (exact) mass is 171 g/mol. The van der Waals surface area contributed by atoms with Gasteiger partial charge in [0.2, 0.25) is 5.91 Å². The number of carbonyl (C=O) groups is 1. The Morgan fingerprint density at radius 3 is 2.00 bits per heavy atom. The molecular weight excluding hydrogens is 154 g/mol. The zero-order valence-corrected chi connectivity index (χ0v) is 7.88. The van der Waals surface area contributed by atoms with Gasteiger partial charge in [-0.05, 0) is 18.9 Å². The second kappa shape index (κ2) is 6.85. The summed E-state index contributed by atoms with van der Waals surface area (Å²) in [5, 5.41) is 0. The van der Waals surface area contributed by atoms with Gasteiger partial charge in [-0.15, -0.1) is 0 Å². The zero-order valence-electron chi connectivity index (χ0n) is 7.88. The molecule has 3 heteroatoms. The number of amides is 1. The Labute approximate surface area is 74.0 Å². The van der Waals surface area contributed by atoms with Crippen molar-refractivity contribution >= 4 is 5.91 Å². The highest BCUT2D eigenvalue weighted by molar-refractivity contribution is 5.86. The van der Waals surface area contributed by atoms with E-state index in [4.69, 9.17) is 4.74 Å². The van der Waals surface area contributed by atoms with E-state index < -0.39 is 0 Å². The Hall–Kier alpha value is -0.830. The van der Waals surface area contributed by atoms with Crippen molar-refractivity contribution in [1.82, 2.24) is 4.90 Å². The molecule has 70 valence electrons. The number of rotatable bonds is 1. The number of nitrogens with zero attached hydrogens (tertiary/aromatic N) is 1. The van der Waals surface area contributed by atoms with E-state index >= 15 is 0 Å². The van der Waals surface area contributed by atoms with Gasteiger partial charge in [0.25, 0.3) is 0 Å². The fourth-order valence-electron chi connectivity index (χ4n) is 0.693. The number of hydrogen-bond donors (Lipinski definition) is 0. The molecule has 0 unspecified atom stereocenters. The molecule has 1 saturated heterocycles. The lowest BCUT2D eigenvalue weighted by atomic mass is 10.4. The van der Waals surface area contributed by atoms with Gasteiger partial charge in [-0.3, -0.25) is 4.79 Å². The lowest BCUT2D eigenvalue weighted by Gasteiger charge is -2.03. The van der Waals surface area contributed by atoms with Crippen LogP contribution in [0.3, 0.4) is 0 Å². The van der Waals surface area contributed by atoms with Gasteiger partial charge in [0.1, 0.15) is 0 Å². The Balaban J connectivity index is 0.000000211. The minimum Gasteiger partial charge on any atom is -0.381 e. The van der Waals surface area contributed by atoms with Crippen molar-refractivity contribution in [3.05, 3.63) is 12.7 Å². The summed E-state index contributed by atoms with van der Waals surface area (Å²) >= 11 is 0. The van der Waals surface area contributed by atoms with Crippen LogP contribution >= 0.6 is 0 Å². The van der Waals surface area contributed by atoms with E-state index in [-0.39, 0.29) is 5.91 Å². The molecule has 0 saturated carbocycles. The minimum absolute atomic E-state index is 0.0556. The van der Waals surface area contributed by atoms with Gasteiger partial charge >= 0.3 is 0 Å². The summed E-state index contributed by atoms with van der Waals surface area (Å²) in [6, 6.07) is 0. The Kier molecular flexibility index (Phi) is 6.38. The number of hydrogen-bond acceptors (Lipinski definition) is 2. The van der Waals surface area contributed by atoms with Crippen LogP contribution in [-0.2, 0) is 9.53 Å². The first kappa shape index (κ1) is 11.2. The summed E-state index contributed by atoms with van der Waals surface area (Å²) in [7, 11) is 3.37. The average molecular weight is 171 g/mol. The molecule has 0 radical (unpaired) electrons. The van der Waals surface area contributed by atoms with Crippen LogP contribution in [0, 0.1) is 0 Å². The molecule has 1 heterocycles. The van der Waals surface area contributed by atoms with Gasteiger partial charge < -0.3 is 9.64 Å². The lowest BCUT2D eigenvalue weighted by molar-refractivity contribution is -0.123. The largest absolute Gasteiger partial charge is 0.381 e. The van der Waals surface area contributed by atoms with E-state index in [1.165, 1.54) is 23.8 Å². The second-order valence-electron chi connectivity index (χ2n) is 2.76. The van der Waals surface area contributed by atoms with E-state index in [1.807, 2.05) is 0 Å². The lowest BCUT2D eigenvalue weighted by Crippen LogP contribution is -2.18. The number of likely N-dealkylation sites (N-methyl/N-ethyl adjacent to an activating group) is 1. The van der Waals surface area contributed by atoms with Crippen molar-refractivity contribution in [2.24, 2.45) is 0 Å². The molecular formula is C9H17NO2. The molecule has 1 aliphatic rings. The molecule has 0 spiro atoms. The van der Waals surface area contributed by atoms with Crippen molar-refractivity contribution in [3.63, 3.8) is 0 Å². The average Bonchev–Trinajstić information content (AvgIpc) is 2.59. The maximum Gasteiger partial charge on any atom is 0.245 e. The summed E-state index contributed by atoms with van der Waals surface area (Å²) in [4.78, 5) is 11.8. The maximum absolute atomic E-state index is 10.3. The fraction of sp³-hybridized carbons (Fsp3) is 0.667. The zero-order chi connectivity index (χ0) is 9.40. The third-order valence-electron chi connectivity index (χ3n) is 1.44. The minimum atomic E-state index is -0.0556. The first-order valence-corrected chi connectivity index (χ1v) is 4.10. The van der Waals surface area contributed by atoms with Crippen LogP contribution in [0.1, 0.15) is 12.8 Å². The number of carbonyl (C=O) groups excluding carboxylic acids is 1. The van der Waals surface area contributed by atoms with Crippen molar-refractivity contribution in [3.8, 4) is 0 Å². The summed E-state index contributed by atoms with van der Waals surface area (Å²) in [6.45, 7) is 5.29. The third-order valence-corrected chi connectivity index (χ3v) is 1.44. The van der Waals surface area contributed by atoms with Gasteiger partial charge in [0.15, 0.2) is 0 Å². The molecule has 0 aliphatic carbocycles. The topological polar surface area (TPSA) is 29.5 Å². The van der Waals surface area contributed by atoms with Gasteiger partial charge in [-0.2, -0.15) is 0 Å². The molecule has 0 aromatic rings. The van der Waals surface area contributed by atoms with Crippen LogP contribution < -0.4 is 0 Å². The standard InChI is InChI=1S/C5H9NO.C4H8O/c1-4-5(7)6(2)3;1-2-4-5-3-1/h4H,1H2,2-3H3;1-4H2. The third kappa shape index (κ3) is 5.92. The molecule has 0 aromatic heterocycles. The molecule has 3 nitrogen and oxygen atoms in total. The molecule has 12 heavy (non-hydrogen) atoms. The van der Waals surface area contributed by atoms with Gasteiger partial charge in [0, 0.05) is 27.3 Å². The summed E-state index contributed by atoms with van der Waals surface area (Å²) in [6.07, 6.45) is 3.83. The predicted molar refractivity (Wildman–Crippen MR) is 48.9 cm³/mol. The highest BCUT2D eigenvalue weighted by Crippen LogP contribution is 1.98. The SMILES string of the molecule is C1CCOC1.C=CC(=O)N(C)C. The van der Waals surface area contributed by atoms with Crippen LogP contribution in [0.5, 0.6) is 0 Å². The second-order valence-corrected chi connectivity index (χ2v) is 2.76. The molecule has 0 N–H and O–H groups in total. The maximum atomic E-state index is 10.3. The van der Waals surface area contributed by atoms with Crippen LogP contribution in [0.25, 0.3) is 0 Å². The quantitative estimate of drug-likeness (QED) is 0.552. The Morgan fingerprint density at radius 2 is 1.92 bits per heavy atom. The fourth-order valence-corrected chi connectivity index (χ4v) is 0.693. The van der Waals surface area contributed by atoms with Gasteiger partial charge in [-0.1, -0.05) is 6.58 Å². The van der Waals surface area contributed by atoms with Crippen LogP contribution in [-0.4, -0.2) is 38.1 Å². The van der Waals surface area contributed by atoms with Crippen molar-refractivity contribution in [1.29, 1.82) is 0 Å². The highest BCUT2D eigenvalue weighted by Gasteiger charge is 1.94. The normalized spacial score (nSPS) is 14.5. The van der Waals surface area contributed by atoms with Crippen LogP contribution in [0.2, 0.25) is 0 Å². The summed E-state index contributed by atoms with van der Waals surface area (Å²) < 4.78 is 4.94. The van der Waals surface area contributed by atoms with Crippen molar-refractivity contribution in [2.75, 3.05) is 27.3 Å². The van der Waals surface area contributed by atoms with Crippen LogP contribution in [0.15, 0.2) is 12.7 Å². The first-order valence-electron chi connectivity index (χ1n) is 4.10. The first-order chi connectivity index (χ1) is 5.68. The van der Waals surface area contributed by atoms with E-state index in [2.05, 4.69) is 6.58 Å². The van der Waals surface area contributed by atoms with Crippen LogP contribution in [0.4, 0.5) is 0 Å².